The molecule has 0 saturated heterocycles. The number of carbonyl (C=O) groups is 1. The van der Waals surface area contributed by atoms with Crippen LogP contribution in [0.15, 0.2) is 42.5 Å². The smallest absolute Gasteiger partial charge is 0.271 e. The van der Waals surface area contributed by atoms with E-state index in [9.17, 15) is 14.9 Å². The van der Waals surface area contributed by atoms with Gasteiger partial charge in [0.1, 0.15) is 18.1 Å². The predicted molar refractivity (Wildman–Crippen MR) is 103 cm³/mol. The van der Waals surface area contributed by atoms with E-state index in [0.717, 1.165) is 0 Å². The third-order valence-corrected chi connectivity index (χ3v) is 3.89. The molecule has 0 aliphatic rings. The maximum atomic E-state index is 12.2. The van der Waals surface area contributed by atoms with Crippen LogP contribution in [0.25, 0.3) is 0 Å². The number of nitrogens with one attached hydrogen (secondary N) is 1. The molecule has 0 bridgehead atoms. The molecular formula is C18H20ClN3O5. The van der Waals surface area contributed by atoms with Gasteiger partial charge in [-0.05, 0) is 37.4 Å². The Balaban J connectivity index is 1.84. The first kappa shape index (κ1) is 20.5. The Morgan fingerprint density at radius 2 is 1.96 bits per heavy atom. The van der Waals surface area contributed by atoms with Gasteiger partial charge in [0.25, 0.3) is 5.69 Å². The third kappa shape index (κ3) is 6.43. The van der Waals surface area contributed by atoms with Crippen LogP contribution in [-0.4, -0.2) is 49.6 Å². The highest BCUT2D eigenvalue weighted by molar-refractivity contribution is 6.30. The van der Waals surface area contributed by atoms with Crippen molar-refractivity contribution >= 4 is 28.9 Å². The summed E-state index contributed by atoms with van der Waals surface area (Å²) in [4.78, 5) is 24.3. The zero-order chi connectivity index (χ0) is 19.8. The molecular weight excluding hydrogens is 374 g/mol. The zero-order valence-corrected chi connectivity index (χ0v) is 15.7. The summed E-state index contributed by atoms with van der Waals surface area (Å²) in [6, 6.07) is 11.0. The number of hydrogen-bond acceptors (Lipinski definition) is 6. The van der Waals surface area contributed by atoms with E-state index < -0.39 is 4.92 Å². The van der Waals surface area contributed by atoms with Crippen molar-refractivity contribution in [1.82, 2.24) is 4.90 Å². The first-order valence-electron chi connectivity index (χ1n) is 8.08. The lowest BCUT2D eigenvalue weighted by Gasteiger charge is -2.17. The summed E-state index contributed by atoms with van der Waals surface area (Å²) in [7, 11) is 3.20. The number of hydrogen-bond donors (Lipinski definition) is 1. The second-order valence-corrected chi connectivity index (χ2v) is 6.17. The Hall–Kier alpha value is -2.84. The quantitative estimate of drug-likeness (QED) is 0.519. The lowest BCUT2D eigenvalue weighted by atomic mass is 10.2. The molecule has 2 rings (SSSR count). The SMILES string of the molecule is COc1ccc([N+](=O)[O-])cc1NC(=O)CN(C)CCOc1ccc(Cl)cc1. The fourth-order valence-electron chi connectivity index (χ4n) is 2.27. The summed E-state index contributed by atoms with van der Waals surface area (Å²) in [5.74, 6) is 0.726. The molecule has 8 nitrogen and oxygen atoms in total. The Bertz CT molecular complexity index is 798. The molecule has 0 aliphatic carbocycles. The van der Waals surface area contributed by atoms with Crippen LogP contribution in [0, 0.1) is 10.1 Å². The molecule has 0 unspecified atom stereocenters. The molecule has 0 heterocycles. The number of ether oxygens (including phenoxy) is 2. The van der Waals surface area contributed by atoms with Gasteiger partial charge < -0.3 is 14.8 Å². The van der Waals surface area contributed by atoms with E-state index in [1.54, 1.807) is 36.2 Å². The Kier molecular flexibility index (Phi) is 7.39. The number of anilines is 1. The van der Waals surface area contributed by atoms with Gasteiger partial charge in [-0.25, -0.2) is 0 Å². The fraction of sp³-hybridized carbons (Fsp3) is 0.278. The summed E-state index contributed by atoms with van der Waals surface area (Å²) in [5, 5.41) is 14.2. The van der Waals surface area contributed by atoms with Crippen LogP contribution in [-0.2, 0) is 4.79 Å². The van der Waals surface area contributed by atoms with Crippen molar-refractivity contribution in [2.75, 3.05) is 39.2 Å². The van der Waals surface area contributed by atoms with Crippen molar-refractivity contribution in [3.63, 3.8) is 0 Å². The van der Waals surface area contributed by atoms with Gasteiger partial charge in [-0.3, -0.25) is 19.8 Å². The summed E-state index contributed by atoms with van der Waals surface area (Å²) < 4.78 is 10.7. The van der Waals surface area contributed by atoms with Gasteiger partial charge in [0.2, 0.25) is 5.91 Å². The minimum Gasteiger partial charge on any atom is -0.495 e. The summed E-state index contributed by atoms with van der Waals surface area (Å²) in [6.45, 7) is 1.00. The Morgan fingerprint density at radius 1 is 1.26 bits per heavy atom. The van der Waals surface area contributed by atoms with Crippen LogP contribution in [0.1, 0.15) is 0 Å². The van der Waals surface area contributed by atoms with Gasteiger partial charge >= 0.3 is 0 Å². The van der Waals surface area contributed by atoms with Crippen LogP contribution < -0.4 is 14.8 Å². The van der Waals surface area contributed by atoms with E-state index in [1.807, 2.05) is 0 Å². The topological polar surface area (TPSA) is 93.9 Å². The maximum Gasteiger partial charge on any atom is 0.271 e. The number of likely N-dealkylation sites (N-methyl/N-ethyl adjacent to an activating group) is 1. The minimum atomic E-state index is -0.532. The van der Waals surface area contributed by atoms with Crippen molar-refractivity contribution in [1.29, 1.82) is 0 Å². The number of nitro benzene ring substituents is 1. The van der Waals surface area contributed by atoms with E-state index >= 15 is 0 Å². The molecule has 27 heavy (non-hydrogen) atoms. The Labute approximate surface area is 161 Å². The van der Waals surface area contributed by atoms with E-state index in [2.05, 4.69) is 5.32 Å². The third-order valence-electron chi connectivity index (χ3n) is 3.64. The monoisotopic (exact) mass is 393 g/mol. The number of rotatable bonds is 9. The van der Waals surface area contributed by atoms with Crippen molar-refractivity contribution in [3.8, 4) is 11.5 Å². The average Bonchev–Trinajstić information content (AvgIpc) is 2.63. The molecule has 0 aliphatic heterocycles. The van der Waals surface area contributed by atoms with Gasteiger partial charge in [0, 0.05) is 23.7 Å². The number of non-ortho nitro benzene ring substituents is 1. The van der Waals surface area contributed by atoms with Crippen molar-refractivity contribution in [2.24, 2.45) is 0 Å². The van der Waals surface area contributed by atoms with Crippen molar-refractivity contribution in [3.05, 3.63) is 57.6 Å². The molecule has 0 spiro atoms. The van der Waals surface area contributed by atoms with Crippen LogP contribution in [0.4, 0.5) is 11.4 Å². The molecule has 2 aromatic carbocycles. The highest BCUT2D eigenvalue weighted by atomic mass is 35.5. The largest absolute Gasteiger partial charge is 0.495 e. The molecule has 1 amide bonds. The zero-order valence-electron chi connectivity index (χ0n) is 15.0. The summed E-state index contributed by atoms with van der Waals surface area (Å²) in [5.41, 5.74) is 0.123. The average molecular weight is 394 g/mol. The van der Waals surface area contributed by atoms with Gasteiger partial charge in [0.15, 0.2) is 0 Å². The van der Waals surface area contributed by atoms with Gasteiger partial charge in [0.05, 0.1) is 24.3 Å². The summed E-state index contributed by atoms with van der Waals surface area (Å²) >= 11 is 5.81. The number of methoxy groups -OCH3 is 1. The van der Waals surface area contributed by atoms with Gasteiger partial charge in [-0.2, -0.15) is 0 Å². The molecule has 144 valence electrons. The highest BCUT2D eigenvalue weighted by Crippen LogP contribution is 2.28. The molecule has 0 aromatic heterocycles. The van der Waals surface area contributed by atoms with Crippen LogP contribution >= 0.6 is 11.6 Å². The van der Waals surface area contributed by atoms with E-state index in [4.69, 9.17) is 21.1 Å². The lowest BCUT2D eigenvalue weighted by Crippen LogP contribution is -2.33. The van der Waals surface area contributed by atoms with Crippen LogP contribution in [0.2, 0.25) is 5.02 Å². The molecule has 0 fully saturated rings. The van der Waals surface area contributed by atoms with Crippen LogP contribution in [0.3, 0.4) is 0 Å². The number of benzene rings is 2. The second kappa shape index (κ2) is 9.75. The Morgan fingerprint density at radius 3 is 2.59 bits per heavy atom. The molecule has 2 aromatic rings. The molecule has 0 radical (unpaired) electrons. The molecule has 0 atom stereocenters. The molecule has 0 saturated carbocycles. The van der Waals surface area contributed by atoms with E-state index in [1.165, 1.54) is 25.3 Å². The number of halogens is 1. The predicted octanol–water partition coefficient (Wildman–Crippen LogP) is 3.21. The highest BCUT2D eigenvalue weighted by Gasteiger charge is 2.14. The van der Waals surface area contributed by atoms with E-state index in [-0.39, 0.29) is 23.8 Å². The number of nitro groups is 1. The normalized spacial score (nSPS) is 10.5. The number of carbonyl (C=O) groups excluding carboxylic acids is 1. The summed E-state index contributed by atoms with van der Waals surface area (Å²) in [6.07, 6.45) is 0. The standard InChI is InChI=1S/C18H20ClN3O5/c1-21(9-10-27-15-6-3-13(19)4-7-15)12-18(23)20-16-11-14(22(24)25)5-8-17(16)26-2/h3-8,11H,9-10,12H2,1-2H3,(H,20,23). The van der Waals surface area contributed by atoms with Crippen molar-refractivity contribution < 1.29 is 19.2 Å². The maximum absolute atomic E-state index is 12.2. The van der Waals surface area contributed by atoms with Crippen molar-refractivity contribution in [2.45, 2.75) is 0 Å². The first-order chi connectivity index (χ1) is 12.9. The second-order valence-electron chi connectivity index (χ2n) is 5.73. The van der Waals surface area contributed by atoms with Crippen LogP contribution in [0.5, 0.6) is 11.5 Å². The fourth-order valence-corrected chi connectivity index (χ4v) is 2.40. The molecule has 1 N–H and O–H groups in total. The van der Waals surface area contributed by atoms with Gasteiger partial charge in [-0.15, -0.1) is 0 Å². The van der Waals surface area contributed by atoms with Gasteiger partial charge in [-0.1, -0.05) is 11.6 Å². The lowest BCUT2D eigenvalue weighted by molar-refractivity contribution is -0.384. The molecule has 9 heteroatoms. The number of amides is 1. The number of nitrogens with zero attached hydrogens (tertiary/aromatic N) is 2. The minimum absolute atomic E-state index is 0.0931. The van der Waals surface area contributed by atoms with E-state index in [0.29, 0.717) is 29.7 Å². The first-order valence-corrected chi connectivity index (χ1v) is 8.46.